The zero-order valence-electron chi connectivity index (χ0n) is 14.6. The van der Waals surface area contributed by atoms with E-state index in [0.29, 0.717) is 0 Å². The molecule has 0 aliphatic rings. The van der Waals surface area contributed by atoms with E-state index in [1.54, 1.807) is 10.8 Å². The van der Waals surface area contributed by atoms with E-state index in [4.69, 9.17) is 5.73 Å². The molecule has 0 aliphatic heterocycles. The fourth-order valence-corrected chi connectivity index (χ4v) is 2.56. The number of hydrogen-bond donors (Lipinski definition) is 1. The Morgan fingerprint density at radius 1 is 1.09 bits per heavy atom. The molecule has 124 valence electrons. The molecule has 2 N–H and O–H groups in total. The van der Waals surface area contributed by atoms with Gasteiger partial charge in [0.1, 0.15) is 0 Å². The molecular formula is C18H26N4O. The molecule has 0 spiro atoms. The summed E-state index contributed by atoms with van der Waals surface area (Å²) in [5.74, 6) is 0. The van der Waals surface area contributed by atoms with Crippen molar-refractivity contribution in [1.82, 2.24) is 9.47 Å². The van der Waals surface area contributed by atoms with Crippen LogP contribution in [-0.2, 0) is 0 Å². The van der Waals surface area contributed by atoms with Crippen molar-refractivity contribution in [2.75, 3.05) is 44.9 Å². The first kappa shape index (κ1) is 17.1. The quantitative estimate of drug-likeness (QED) is 0.858. The van der Waals surface area contributed by atoms with E-state index in [1.165, 1.54) is 0 Å². The Bertz CT molecular complexity index is 749. The highest BCUT2D eigenvalue weighted by atomic mass is 16.1. The van der Waals surface area contributed by atoms with Crippen LogP contribution < -0.4 is 16.2 Å². The van der Waals surface area contributed by atoms with Crippen LogP contribution >= 0.6 is 0 Å². The molecule has 0 aliphatic carbocycles. The minimum Gasteiger partial charge on any atom is -0.397 e. The summed E-state index contributed by atoms with van der Waals surface area (Å²) in [4.78, 5) is 16.7. The van der Waals surface area contributed by atoms with Crippen LogP contribution in [0.4, 0.5) is 11.4 Å². The minimum absolute atomic E-state index is 0.00210. The van der Waals surface area contributed by atoms with Gasteiger partial charge in [0.25, 0.3) is 5.56 Å². The SMILES string of the molecule is Cc1cc(N)c(N(C)CCN(C)C)cc1-n1cccc(C)c1=O. The molecule has 0 atom stereocenters. The maximum Gasteiger partial charge on any atom is 0.257 e. The number of rotatable bonds is 5. The lowest BCUT2D eigenvalue weighted by atomic mass is 10.1. The van der Waals surface area contributed by atoms with Crippen molar-refractivity contribution in [1.29, 1.82) is 0 Å². The number of nitrogens with zero attached hydrogens (tertiary/aromatic N) is 3. The molecule has 1 aromatic carbocycles. The molecule has 23 heavy (non-hydrogen) atoms. The molecule has 0 fully saturated rings. The number of aromatic nitrogens is 1. The Hall–Kier alpha value is -2.27. The first-order valence-electron chi connectivity index (χ1n) is 7.76. The molecule has 2 rings (SSSR count). The van der Waals surface area contributed by atoms with Crippen molar-refractivity contribution >= 4 is 11.4 Å². The molecule has 0 amide bonds. The van der Waals surface area contributed by atoms with E-state index < -0.39 is 0 Å². The zero-order valence-corrected chi connectivity index (χ0v) is 14.6. The van der Waals surface area contributed by atoms with Crippen molar-refractivity contribution in [3.05, 3.63) is 51.9 Å². The standard InChI is InChI=1S/C18H26N4O/c1-13-7-6-8-22(18(13)23)16-12-17(15(19)11-14(16)2)21(5)10-9-20(3)4/h6-8,11-12H,9-10,19H2,1-5H3. The van der Waals surface area contributed by atoms with Crippen LogP contribution in [0.1, 0.15) is 11.1 Å². The summed E-state index contributed by atoms with van der Waals surface area (Å²) in [5.41, 5.74) is 10.5. The van der Waals surface area contributed by atoms with Gasteiger partial charge in [-0.3, -0.25) is 9.36 Å². The van der Waals surface area contributed by atoms with Crippen LogP contribution in [-0.4, -0.2) is 43.7 Å². The lowest BCUT2D eigenvalue weighted by Crippen LogP contribution is -2.29. The van der Waals surface area contributed by atoms with Gasteiger partial charge < -0.3 is 15.5 Å². The van der Waals surface area contributed by atoms with E-state index in [2.05, 4.69) is 9.80 Å². The third-order valence-electron chi connectivity index (χ3n) is 4.04. The molecule has 5 heteroatoms. The van der Waals surface area contributed by atoms with Gasteiger partial charge in [-0.15, -0.1) is 0 Å². The number of likely N-dealkylation sites (N-methyl/N-ethyl adjacent to an activating group) is 2. The Morgan fingerprint density at radius 3 is 2.43 bits per heavy atom. The van der Waals surface area contributed by atoms with E-state index >= 15 is 0 Å². The van der Waals surface area contributed by atoms with Gasteiger partial charge in [-0.1, -0.05) is 6.07 Å². The molecule has 2 aromatic rings. The molecule has 0 unspecified atom stereocenters. The fraction of sp³-hybridized carbons (Fsp3) is 0.389. The Kier molecular flexibility index (Phi) is 5.11. The van der Waals surface area contributed by atoms with Gasteiger partial charge in [0.2, 0.25) is 0 Å². The zero-order chi connectivity index (χ0) is 17.1. The largest absolute Gasteiger partial charge is 0.397 e. The molecule has 5 nitrogen and oxygen atoms in total. The average molecular weight is 314 g/mol. The fourth-order valence-electron chi connectivity index (χ4n) is 2.56. The normalized spacial score (nSPS) is 11.0. The first-order valence-corrected chi connectivity index (χ1v) is 7.76. The van der Waals surface area contributed by atoms with Gasteiger partial charge in [0.05, 0.1) is 17.1 Å². The smallest absolute Gasteiger partial charge is 0.257 e. The second-order valence-corrected chi connectivity index (χ2v) is 6.29. The maximum absolute atomic E-state index is 12.4. The lowest BCUT2D eigenvalue weighted by Gasteiger charge is -2.24. The number of nitrogens with two attached hydrogens (primary N) is 1. The molecule has 1 aromatic heterocycles. The third kappa shape index (κ3) is 3.74. The van der Waals surface area contributed by atoms with E-state index in [-0.39, 0.29) is 5.56 Å². The van der Waals surface area contributed by atoms with Crippen LogP contribution in [0, 0.1) is 13.8 Å². The summed E-state index contributed by atoms with van der Waals surface area (Å²) >= 11 is 0. The van der Waals surface area contributed by atoms with Crippen LogP contribution in [0.5, 0.6) is 0 Å². The highest BCUT2D eigenvalue weighted by Gasteiger charge is 2.12. The molecule has 0 saturated heterocycles. The van der Waals surface area contributed by atoms with Crippen LogP contribution in [0.3, 0.4) is 0 Å². The Labute approximate surface area is 137 Å². The number of nitrogen functional groups attached to an aromatic ring is 1. The van der Waals surface area contributed by atoms with Crippen molar-refractivity contribution in [2.45, 2.75) is 13.8 Å². The molecular weight excluding hydrogens is 288 g/mol. The maximum atomic E-state index is 12.4. The average Bonchev–Trinajstić information content (AvgIpc) is 2.48. The van der Waals surface area contributed by atoms with Gasteiger partial charge in [0.15, 0.2) is 0 Å². The highest BCUT2D eigenvalue weighted by molar-refractivity contribution is 5.72. The van der Waals surface area contributed by atoms with Crippen LogP contribution in [0.25, 0.3) is 5.69 Å². The van der Waals surface area contributed by atoms with Crippen molar-refractivity contribution in [2.24, 2.45) is 0 Å². The summed E-state index contributed by atoms with van der Waals surface area (Å²) < 4.78 is 1.69. The lowest BCUT2D eigenvalue weighted by molar-refractivity contribution is 0.416. The number of anilines is 2. The van der Waals surface area contributed by atoms with E-state index in [9.17, 15) is 4.79 Å². The number of aryl methyl sites for hydroxylation is 2. The van der Waals surface area contributed by atoms with Gasteiger partial charge in [0, 0.05) is 31.9 Å². The topological polar surface area (TPSA) is 54.5 Å². The molecule has 0 saturated carbocycles. The van der Waals surface area contributed by atoms with Crippen molar-refractivity contribution in [3.63, 3.8) is 0 Å². The summed E-state index contributed by atoms with van der Waals surface area (Å²) in [5, 5.41) is 0. The molecule has 1 heterocycles. The summed E-state index contributed by atoms with van der Waals surface area (Å²) in [7, 11) is 6.11. The van der Waals surface area contributed by atoms with Crippen molar-refractivity contribution in [3.8, 4) is 5.69 Å². The van der Waals surface area contributed by atoms with Gasteiger partial charge >= 0.3 is 0 Å². The molecule has 0 bridgehead atoms. The number of pyridine rings is 1. The predicted octanol–water partition coefficient (Wildman–Crippen LogP) is 2.03. The first-order chi connectivity index (χ1) is 10.8. The highest BCUT2D eigenvalue weighted by Crippen LogP contribution is 2.28. The van der Waals surface area contributed by atoms with Gasteiger partial charge in [-0.05, 0) is 51.7 Å². The monoisotopic (exact) mass is 314 g/mol. The second-order valence-electron chi connectivity index (χ2n) is 6.29. The van der Waals surface area contributed by atoms with Gasteiger partial charge in [-0.25, -0.2) is 0 Å². The summed E-state index contributed by atoms with van der Waals surface area (Å²) in [6.45, 7) is 5.60. The van der Waals surface area contributed by atoms with Gasteiger partial charge in [-0.2, -0.15) is 0 Å². The number of benzene rings is 1. The summed E-state index contributed by atoms with van der Waals surface area (Å²) in [6, 6.07) is 7.66. The summed E-state index contributed by atoms with van der Waals surface area (Å²) in [6.07, 6.45) is 1.80. The molecule has 0 radical (unpaired) electrons. The Balaban J connectivity index is 2.48. The van der Waals surface area contributed by atoms with Crippen LogP contribution in [0.15, 0.2) is 35.3 Å². The number of hydrogen-bond acceptors (Lipinski definition) is 4. The van der Waals surface area contributed by atoms with E-state index in [1.807, 2.05) is 59.3 Å². The third-order valence-corrected chi connectivity index (χ3v) is 4.04. The minimum atomic E-state index is 0.00210. The van der Waals surface area contributed by atoms with Crippen molar-refractivity contribution < 1.29 is 0 Å². The second kappa shape index (κ2) is 6.87. The van der Waals surface area contributed by atoms with E-state index in [0.717, 1.165) is 41.3 Å². The van der Waals surface area contributed by atoms with Crippen LogP contribution in [0.2, 0.25) is 0 Å². The Morgan fingerprint density at radius 2 is 1.78 bits per heavy atom. The predicted molar refractivity (Wildman–Crippen MR) is 97.7 cm³/mol.